The third-order valence-corrected chi connectivity index (χ3v) is 2.76. The van der Waals surface area contributed by atoms with Crippen LogP contribution in [-0.4, -0.2) is 43.8 Å². The average Bonchev–Trinajstić information content (AvgIpc) is 2.08. The lowest BCUT2D eigenvalue weighted by molar-refractivity contribution is 0.0929. The van der Waals surface area contributed by atoms with Crippen molar-refractivity contribution >= 4 is 0 Å². The highest BCUT2D eigenvalue weighted by Gasteiger charge is 2.24. The van der Waals surface area contributed by atoms with Crippen LogP contribution in [0.2, 0.25) is 0 Å². The molecule has 3 nitrogen and oxygen atoms in total. The molecule has 0 aromatic carbocycles. The second-order valence-electron chi connectivity index (χ2n) is 3.58. The van der Waals surface area contributed by atoms with E-state index in [-0.39, 0.29) is 0 Å². The van der Waals surface area contributed by atoms with Crippen molar-refractivity contribution in [3.8, 4) is 0 Å². The van der Waals surface area contributed by atoms with Crippen LogP contribution in [0.5, 0.6) is 0 Å². The summed E-state index contributed by atoms with van der Waals surface area (Å²) in [6.45, 7) is 5.22. The van der Waals surface area contributed by atoms with Gasteiger partial charge in [-0.15, -0.1) is 0 Å². The highest BCUT2D eigenvalue weighted by atomic mass is 16.5. The molecule has 0 spiro atoms. The Balaban J connectivity index is 2.30. The predicted molar refractivity (Wildman–Crippen MR) is 50.1 cm³/mol. The Morgan fingerprint density at radius 1 is 1.58 bits per heavy atom. The zero-order chi connectivity index (χ0) is 8.97. The Hall–Kier alpha value is -0.120. The van der Waals surface area contributed by atoms with Crippen LogP contribution in [0, 0.1) is 0 Å². The molecule has 0 aromatic rings. The normalized spacial score (nSPS) is 32.2. The van der Waals surface area contributed by atoms with Crippen molar-refractivity contribution in [3.05, 3.63) is 0 Å². The van der Waals surface area contributed by atoms with Gasteiger partial charge in [-0.1, -0.05) is 0 Å². The van der Waals surface area contributed by atoms with Gasteiger partial charge in [-0.2, -0.15) is 0 Å². The summed E-state index contributed by atoms with van der Waals surface area (Å²) in [5, 5.41) is 0. The lowest BCUT2D eigenvalue weighted by atomic mass is 9.99. The fraction of sp³-hybridized carbons (Fsp3) is 1.00. The summed E-state index contributed by atoms with van der Waals surface area (Å²) in [7, 11) is 1.74. The summed E-state index contributed by atoms with van der Waals surface area (Å²) >= 11 is 0. The Morgan fingerprint density at radius 3 is 3.00 bits per heavy atom. The van der Waals surface area contributed by atoms with Crippen molar-refractivity contribution in [2.45, 2.75) is 31.8 Å². The molecule has 1 heterocycles. The quantitative estimate of drug-likeness (QED) is 0.671. The van der Waals surface area contributed by atoms with E-state index in [9.17, 15) is 0 Å². The maximum atomic E-state index is 5.96. The third kappa shape index (κ3) is 2.44. The van der Waals surface area contributed by atoms with Crippen LogP contribution in [0.3, 0.4) is 0 Å². The monoisotopic (exact) mass is 172 g/mol. The van der Waals surface area contributed by atoms with Gasteiger partial charge >= 0.3 is 0 Å². The first-order valence-corrected chi connectivity index (χ1v) is 4.74. The molecule has 0 bridgehead atoms. The second-order valence-corrected chi connectivity index (χ2v) is 3.58. The molecule has 0 saturated carbocycles. The zero-order valence-corrected chi connectivity index (χ0v) is 8.12. The summed E-state index contributed by atoms with van der Waals surface area (Å²) in [5.74, 6) is 0. The molecule has 2 N–H and O–H groups in total. The van der Waals surface area contributed by atoms with Crippen molar-refractivity contribution in [1.29, 1.82) is 0 Å². The first-order chi connectivity index (χ1) is 5.75. The zero-order valence-electron chi connectivity index (χ0n) is 8.12. The number of rotatable bonds is 3. The number of hydrogen-bond acceptors (Lipinski definition) is 3. The van der Waals surface area contributed by atoms with E-state index in [0.717, 1.165) is 13.2 Å². The van der Waals surface area contributed by atoms with Gasteiger partial charge in [-0.05, 0) is 26.3 Å². The Kier molecular flexibility index (Phi) is 3.98. The van der Waals surface area contributed by atoms with Crippen LogP contribution in [0.25, 0.3) is 0 Å². The number of hydrogen-bond donors (Lipinski definition) is 1. The average molecular weight is 172 g/mol. The van der Waals surface area contributed by atoms with E-state index in [0.29, 0.717) is 12.1 Å². The maximum absolute atomic E-state index is 5.96. The summed E-state index contributed by atoms with van der Waals surface area (Å²) in [4.78, 5) is 2.41. The molecule has 2 atom stereocenters. The SMILES string of the molecule is COCCN1CCCC(N)C1C. The fourth-order valence-electron chi connectivity index (χ4n) is 1.77. The van der Waals surface area contributed by atoms with E-state index in [1.165, 1.54) is 19.4 Å². The molecule has 0 aromatic heterocycles. The van der Waals surface area contributed by atoms with Gasteiger partial charge in [0, 0.05) is 25.7 Å². The van der Waals surface area contributed by atoms with Crippen molar-refractivity contribution < 1.29 is 4.74 Å². The number of methoxy groups -OCH3 is 1. The van der Waals surface area contributed by atoms with Crippen molar-refractivity contribution in [2.75, 3.05) is 26.8 Å². The van der Waals surface area contributed by atoms with Gasteiger partial charge in [0.05, 0.1) is 6.61 Å². The molecule has 1 aliphatic heterocycles. The number of ether oxygens (including phenoxy) is 1. The molecular formula is C9H20N2O. The molecule has 1 fully saturated rings. The van der Waals surface area contributed by atoms with Gasteiger partial charge in [0.2, 0.25) is 0 Å². The van der Waals surface area contributed by atoms with E-state index < -0.39 is 0 Å². The number of likely N-dealkylation sites (tertiary alicyclic amines) is 1. The number of nitrogens with two attached hydrogens (primary N) is 1. The number of nitrogens with zero attached hydrogens (tertiary/aromatic N) is 1. The molecule has 0 aliphatic carbocycles. The lowest BCUT2D eigenvalue weighted by Gasteiger charge is -2.37. The molecule has 0 radical (unpaired) electrons. The topological polar surface area (TPSA) is 38.5 Å². The molecule has 72 valence electrons. The number of piperidine rings is 1. The molecule has 1 aliphatic rings. The van der Waals surface area contributed by atoms with E-state index >= 15 is 0 Å². The fourth-order valence-corrected chi connectivity index (χ4v) is 1.77. The smallest absolute Gasteiger partial charge is 0.0589 e. The maximum Gasteiger partial charge on any atom is 0.0589 e. The van der Waals surface area contributed by atoms with Crippen LogP contribution < -0.4 is 5.73 Å². The van der Waals surface area contributed by atoms with Gasteiger partial charge in [0.25, 0.3) is 0 Å². The molecule has 2 unspecified atom stereocenters. The summed E-state index contributed by atoms with van der Waals surface area (Å²) in [5.41, 5.74) is 5.96. The first-order valence-electron chi connectivity index (χ1n) is 4.74. The molecule has 0 amide bonds. The molecular weight excluding hydrogens is 152 g/mol. The minimum absolute atomic E-state index is 0.357. The largest absolute Gasteiger partial charge is 0.383 e. The Labute approximate surface area is 74.9 Å². The van der Waals surface area contributed by atoms with E-state index in [2.05, 4.69) is 11.8 Å². The van der Waals surface area contributed by atoms with Crippen molar-refractivity contribution in [2.24, 2.45) is 5.73 Å². The lowest BCUT2D eigenvalue weighted by Crippen LogP contribution is -2.51. The second kappa shape index (κ2) is 4.80. The van der Waals surface area contributed by atoms with Crippen LogP contribution >= 0.6 is 0 Å². The summed E-state index contributed by atoms with van der Waals surface area (Å²) in [6.07, 6.45) is 2.40. The molecule has 3 heteroatoms. The highest BCUT2D eigenvalue weighted by Crippen LogP contribution is 2.14. The standard InChI is InChI=1S/C9H20N2O/c1-8-9(10)4-3-5-11(8)6-7-12-2/h8-9H,3-7,10H2,1-2H3. The Bertz CT molecular complexity index is 130. The third-order valence-electron chi connectivity index (χ3n) is 2.76. The van der Waals surface area contributed by atoms with E-state index in [1.54, 1.807) is 7.11 Å². The van der Waals surface area contributed by atoms with E-state index in [1.807, 2.05) is 0 Å². The predicted octanol–water partition coefficient (Wildman–Crippen LogP) is 0.444. The Morgan fingerprint density at radius 2 is 2.33 bits per heavy atom. The molecule has 1 saturated heterocycles. The van der Waals surface area contributed by atoms with Crippen LogP contribution in [-0.2, 0) is 4.74 Å². The minimum atomic E-state index is 0.357. The van der Waals surface area contributed by atoms with Gasteiger partial charge < -0.3 is 10.5 Å². The summed E-state index contributed by atoms with van der Waals surface area (Å²) in [6, 6.07) is 0.879. The van der Waals surface area contributed by atoms with E-state index in [4.69, 9.17) is 10.5 Å². The highest BCUT2D eigenvalue weighted by molar-refractivity contribution is 4.83. The van der Waals surface area contributed by atoms with Crippen LogP contribution in [0.15, 0.2) is 0 Å². The van der Waals surface area contributed by atoms with Gasteiger partial charge in [-0.25, -0.2) is 0 Å². The van der Waals surface area contributed by atoms with Crippen LogP contribution in [0.1, 0.15) is 19.8 Å². The van der Waals surface area contributed by atoms with Gasteiger partial charge in [-0.3, -0.25) is 4.90 Å². The van der Waals surface area contributed by atoms with Crippen molar-refractivity contribution in [3.63, 3.8) is 0 Å². The van der Waals surface area contributed by atoms with Crippen molar-refractivity contribution in [1.82, 2.24) is 4.90 Å². The summed E-state index contributed by atoms with van der Waals surface area (Å²) < 4.78 is 5.05. The first kappa shape index (κ1) is 9.96. The molecule has 12 heavy (non-hydrogen) atoms. The minimum Gasteiger partial charge on any atom is -0.383 e. The van der Waals surface area contributed by atoms with Gasteiger partial charge in [0.1, 0.15) is 0 Å². The van der Waals surface area contributed by atoms with Gasteiger partial charge in [0.15, 0.2) is 0 Å². The molecule has 1 rings (SSSR count). The van der Waals surface area contributed by atoms with Crippen LogP contribution in [0.4, 0.5) is 0 Å².